The van der Waals surface area contributed by atoms with E-state index >= 15 is 0 Å². The second kappa shape index (κ2) is 8.21. The van der Waals surface area contributed by atoms with Gasteiger partial charge in [-0.1, -0.05) is 11.6 Å². The molecule has 1 aliphatic rings. The molecule has 0 unspecified atom stereocenters. The van der Waals surface area contributed by atoms with Gasteiger partial charge in [0.2, 0.25) is 0 Å². The fourth-order valence-corrected chi connectivity index (χ4v) is 5.60. The van der Waals surface area contributed by atoms with Crippen LogP contribution in [0.2, 0.25) is 4.34 Å². The van der Waals surface area contributed by atoms with E-state index in [1.807, 2.05) is 11.9 Å². The van der Waals surface area contributed by atoms with Gasteiger partial charge < -0.3 is 9.64 Å². The first-order valence-corrected chi connectivity index (χ1v) is 11.1. The van der Waals surface area contributed by atoms with Crippen LogP contribution in [0.1, 0.15) is 12.0 Å². The van der Waals surface area contributed by atoms with Crippen molar-refractivity contribution in [1.82, 2.24) is 4.90 Å². The first-order chi connectivity index (χ1) is 13.9. The lowest BCUT2D eigenvalue weighted by Crippen LogP contribution is -2.23. The molecule has 1 aromatic heterocycles. The number of halogens is 4. The number of nitrogens with zero attached hydrogens (tertiary/aromatic N) is 2. The summed E-state index contributed by atoms with van der Waals surface area (Å²) in [4.78, 5) is 11.9. The van der Waals surface area contributed by atoms with Crippen LogP contribution >= 0.6 is 22.9 Å². The number of alkyl halides is 3. The average Bonchev–Trinajstić information content (AvgIpc) is 3.19. The molecule has 1 fully saturated rings. The summed E-state index contributed by atoms with van der Waals surface area (Å²) in [6.07, 6.45) is -4.64. The number of rotatable bonds is 6. The normalized spacial score (nSPS) is 17.8. The van der Waals surface area contributed by atoms with Crippen LogP contribution < -0.4 is 9.46 Å². The molecule has 0 amide bonds. The monoisotopic (exact) mass is 485 g/mol. The summed E-state index contributed by atoms with van der Waals surface area (Å²) in [5.74, 6) is -0.502. The molecular formula is C16H15ClF3N3O5S2. The largest absolute Gasteiger partial charge is 0.488 e. The molecule has 3 rings (SSSR count). The van der Waals surface area contributed by atoms with Gasteiger partial charge in [0, 0.05) is 25.2 Å². The zero-order valence-corrected chi connectivity index (χ0v) is 17.7. The third-order valence-electron chi connectivity index (χ3n) is 4.29. The van der Waals surface area contributed by atoms with Crippen LogP contribution in [0.4, 0.5) is 24.5 Å². The maximum Gasteiger partial charge on any atom is 0.419 e. The Kier molecular flexibility index (Phi) is 6.18. The Morgan fingerprint density at radius 3 is 2.60 bits per heavy atom. The van der Waals surface area contributed by atoms with Crippen LogP contribution in [0.15, 0.2) is 28.5 Å². The molecule has 8 nitrogen and oxygen atoms in total. The minimum atomic E-state index is -4.70. The molecule has 1 saturated heterocycles. The SMILES string of the molecule is CN1CC[C@@H](Oc2cc(NS(=O)(=O)c3cc([N+](=O)[O-])c(Cl)s3)ccc2C(F)(F)F)C1. The average molecular weight is 486 g/mol. The van der Waals surface area contributed by atoms with Crippen LogP contribution in [0.5, 0.6) is 5.75 Å². The fourth-order valence-electron chi connectivity index (χ4n) is 2.89. The molecule has 14 heteroatoms. The van der Waals surface area contributed by atoms with E-state index in [9.17, 15) is 31.7 Å². The maximum absolute atomic E-state index is 13.4. The molecule has 0 bridgehead atoms. The third kappa shape index (κ3) is 4.96. The second-order valence-corrected chi connectivity index (χ2v) is 10.1. The summed E-state index contributed by atoms with van der Waals surface area (Å²) >= 11 is 6.15. The van der Waals surface area contributed by atoms with Crippen molar-refractivity contribution >= 4 is 44.3 Å². The molecule has 0 aliphatic carbocycles. The molecule has 1 atom stereocenters. The standard InChI is InChI=1S/C16H15ClF3N3O5S2/c1-22-5-4-10(8-22)28-13-6-9(2-3-11(13)16(18,19)20)21-30(26,27)14-7-12(23(24)25)15(17)29-14/h2-3,6-7,10,21H,4-5,8H2,1H3/t10-/m1/s1. The maximum atomic E-state index is 13.4. The number of likely N-dealkylation sites (tertiary alicyclic amines) is 1. The Balaban J connectivity index is 1.91. The minimum Gasteiger partial charge on any atom is -0.488 e. The van der Waals surface area contributed by atoms with Crippen molar-refractivity contribution in [2.75, 3.05) is 24.9 Å². The van der Waals surface area contributed by atoms with E-state index in [-0.39, 0.29) is 10.0 Å². The lowest BCUT2D eigenvalue weighted by Gasteiger charge is -2.19. The highest BCUT2D eigenvalue weighted by Crippen LogP contribution is 2.40. The second-order valence-electron chi connectivity index (χ2n) is 6.59. The van der Waals surface area contributed by atoms with Gasteiger partial charge >= 0.3 is 6.18 Å². The van der Waals surface area contributed by atoms with E-state index in [2.05, 4.69) is 4.72 Å². The topological polar surface area (TPSA) is 102 Å². The molecule has 2 aromatic rings. The number of hydrogen-bond acceptors (Lipinski definition) is 7. The summed E-state index contributed by atoms with van der Waals surface area (Å²) in [6.45, 7) is 1.10. The van der Waals surface area contributed by atoms with E-state index in [4.69, 9.17) is 16.3 Å². The van der Waals surface area contributed by atoms with Gasteiger partial charge in [-0.15, -0.1) is 11.3 Å². The van der Waals surface area contributed by atoms with E-state index in [1.54, 1.807) is 0 Å². The Morgan fingerprint density at radius 2 is 2.07 bits per heavy atom. The van der Waals surface area contributed by atoms with Crippen molar-refractivity contribution in [3.05, 3.63) is 44.3 Å². The lowest BCUT2D eigenvalue weighted by molar-refractivity contribution is -0.384. The number of nitrogens with one attached hydrogen (secondary N) is 1. The fraction of sp³-hybridized carbons (Fsp3) is 0.375. The highest BCUT2D eigenvalue weighted by atomic mass is 35.5. The van der Waals surface area contributed by atoms with Gasteiger partial charge in [0.1, 0.15) is 16.1 Å². The molecule has 0 radical (unpaired) electrons. The van der Waals surface area contributed by atoms with Crippen molar-refractivity contribution < 1.29 is 31.2 Å². The molecule has 1 aromatic carbocycles. The number of ether oxygens (including phenoxy) is 1. The predicted molar refractivity (Wildman–Crippen MR) is 105 cm³/mol. The Morgan fingerprint density at radius 1 is 1.37 bits per heavy atom. The van der Waals surface area contributed by atoms with Crippen molar-refractivity contribution in [1.29, 1.82) is 0 Å². The Labute approximate surface area is 178 Å². The highest BCUT2D eigenvalue weighted by Gasteiger charge is 2.36. The van der Waals surface area contributed by atoms with Crippen molar-refractivity contribution in [2.24, 2.45) is 0 Å². The zero-order chi connectivity index (χ0) is 22.3. The van der Waals surface area contributed by atoms with Gasteiger partial charge in [0.25, 0.3) is 15.7 Å². The number of sulfonamides is 1. The number of hydrogen-bond donors (Lipinski definition) is 1. The number of thiophene rings is 1. The molecule has 30 heavy (non-hydrogen) atoms. The molecule has 2 heterocycles. The van der Waals surface area contributed by atoms with Gasteiger partial charge in [-0.25, -0.2) is 8.42 Å². The van der Waals surface area contributed by atoms with Gasteiger partial charge in [-0.2, -0.15) is 13.2 Å². The van der Waals surface area contributed by atoms with Crippen molar-refractivity contribution in [3.8, 4) is 5.75 Å². The molecule has 164 valence electrons. The molecule has 0 saturated carbocycles. The van der Waals surface area contributed by atoms with Gasteiger partial charge in [0.05, 0.1) is 16.2 Å². The number of benzene rings is 1. The van der Waals surface area contributed by atoms with Gasteiger partial charge in [0.15, 0.2) is 4.34 Å². The summed E-state index contributed by atoms with van der Waals surface area (Å²) < 4.78 is 71.9. The molecule has 1 aliphatic heterocycles. The summed E-state index contributed by atoms with van der Waals surface area (Å²) in [7, 11) is -2.51. The van der Waals surface area contributed by atoms with Crippen LogP contribution in [-0.2, 0) is 16.2 Å². The molecule has 1 N–H and O–H groups in total. The third-order valence-corrected chi connectivity index (χ3v) is 7.48. The number of anilines is 1. The minimum absolute atomic E-state index is 0.184. The Bertz CT molecular complexity index is 1070. The molecule has 0 spiro atoms. The van der Waals surface area contributed by atoms with Crippen LogP contribution in [-0.4, -0.2) is 44.5 Å². The van der Waals surface area contributed by atoms with Gasteiger partial charge in [-0.3, -0.25) is 14.8 Å². The lowest BCUT2D eigenvalue weighted by atomic mass is 10.1. The van der Waals surface area contributed by atoms with Crippen molar-refractivity contribution in [3.63, 3.8) is 0 Å². The predicted octanol–water partition coefficient (Wildman–Crippen LogP) is 4.21. The van der Waals surface area contributed by atoms with E-state index < -0.39 is 48.4 Å². The smallest absolute Gasteiger partial charge is 0.419 e. The van der Waals surface area contributed by atoms with E-state index in [0.717, 1.165) is 24.3 Å². The van der Waals surface area contributed by atoms with Crippen LogP contribution in [0, 0.1) is 10.1 Å². The number of likely N-dealkylation sites (N-methyl/N-ethyl adjacent to an activating group) is 1. The quantitative estimate of drug-likeness (QED) is 0.485. The van der Waals surface area contributed by atoms with Gasteiger partial charge in [-0.05, 0) is 25.6 Å². The summed E-state index contributed by atoms with van der Waals surface area (Å²) in [5, 5.41) is 10.9. The van der Waals surface area contributed by atoms with Crippen LogP contribution in [0.25, 0.3) is 0 Å². The summed E-state index contributed by atoms with van der Waals surface area (Å²) in [6, 6.07) is 3.39. The zero-order valence-electron chi connectivity index (χ0n) is 15.3. The highest BCUT2D eigenvalue weighted by molar-refractivity contribution is 7.94. The van der Waals surface area contributed by atoms with Crippen LogP contribution in [0.3, 0.4) is 0 Å². The van der Waals surface area contributed by atoms with Crippen molar-refractivity contribution in [2.45, 2.75) is 22.9 Å². The first-order valence-electron chi connectivity index (χ1n) is 8.40. The molecular weight excluding hydrogens is 471 g/mol. The Hall–Kier alpha value is -2.09. The summed E-state index contributed by atoms with van der Waals surface area (Å²) in [5.41, 5.74) is -1.80. The van der Waals surface area contributed by atoms with E-state index in [1.165, 1.54) is 0 Å². The first kappa shape index (κ1) is 22.6. The van der Waals surface area contributed by atoms with E-state index in [0.29, 0.717) is 30.8 Å². The number of nitro groups is 1.